The molecule has 2 atom stereocenters. The summed E-state index contributed by atoms with van der Waals surface area (Å²) < 4.78 is 10.9. The Labute approximate surface area is 215 Å². The number of ether oxygens (including phenoxy) is 2. The van der Waals surface area contributed by atoms with Gasteiger partial charge < -0.3 is 15.2 Å². The number of anilines is 1. The first-order valence-corrected chi connectivity index (χ1v) is 14.1. The average molecular weight is 494 g/mol. The molecule has 2 aliphatic rings. The smallest absolute Gasteiger partial charge is 0.118 e. The standard InChI is InChI=1S/C32H32NO2P/c1-34-23-11-15-25(16-12-23)36(26-17-13-24(35-2)14-18-26)30-8-4-6-22-10-20-28(32(22)30)27-19-9-21-5-3-7-29(33)31(21)27/h3-8,11-18,27-28H,9-10,19-20,33H2,1-2H3/t27-,28?/m1/s1. The first kappa shape index (κ1) is 23.1. The van der Waals surface area contributed by atoms with Crippen LogP contribution >= 0.6 is 7.92 Å². The van der Waals surface area contributed by atoms with Crippen LogP contribution in [0.25, 0.3) is 0 Å². The second kappa shape index (κ2) is 9.64. The molecule has 4 aromatic carbocycles. The Kier molecular flexibility index (Phi) is 6.19. The van der Waals surface area contributed by atoms with Crippen LogP contribution in [0.3, 0.4) is 0 Å². The Morgan fingerprint density at radius 3 is 1.69 bits per heavy atom. The number of fused-ring (bicyclic) bond motifs is 2. The molecule has 0 bridgehead atoms. The van der Waals surface area contributed by atoms with Crippen LogP contribution in [-0.2, 0) is 12.8 Å². The molecule has 182 valence electrons. The van der Waals surface area contributed by atoms with E-state index in [1.807, 2.05) is 0 Å². The van der Waals surface area contributed by atoms with E-state index in [0.29, 0.717) is 11.8 Å². The number of nitrogens with two attached hydrogens (primary N) is 1. The first-order chi connectivity index (χ1) is 17.7. The highest BCUT2D eigenvalue weighted by Crippen LogP contribution is 2.52. The van der Waals surface area contributed by atoms with Crippen molar-refractivity contribution in [2.45, 2.75) is 37.5 Å². The van der Waals surface area contributed by atoms with Gasteiger partial charge in [0.2, 0.25) is 0 Å². The van der Waals surface area contributed by atoms with Crippen LogP contribution in [-0.4, -0.2) is 14.2 Å². The average Bonchev–Trinajstić information content (AvgIpc) is 3.55. The van der Waals surface area contributed by atoms with E-state index in [0.717, 1.165) is 30.0 Å². The minimum absolute atomic E-state index is 0.493. The molecule has 0 aromatic heterocycles. The Morgan fingerprint density at radius 2 is 1.14 bits per heavy atom. The Bertz CT molecular complexity index is 1330. The molecule has 4 heteroatoms. The van der Waals surface area contributed by atoms with E-state index in [9.17, 15) is 0 Å². The molecular formula is C32H32NO2P. The van der Waals surface area contributed by atoms with Gasteiger partial charge in [-0.2, -0.15) is 0 Å². The van der Waals surface area contributed by atoms with Crippen LogP contribution in [0.5, 0.6) is 11.5 Å². The van der Waals surface area contributed by atoms with Crippen LogP contribution in [0.4, 0.5) is 5.69 Å². The molecule has 0 fully saturated rings. The molecule has 6 rings (SSSR count). The normalized spacial score (nSPS) is 18.2. The van der Waals surface area contributed by atoms with Crippen molar-refractivity contribution in [3.05, 3.63) is 107 Å². The van der Waals surface area contributed by atoms with Gasteiger partial charge >= 0.3 is 0 Å². The predicted molar refractivity (Wildman–Crippen MR) is 151 cm³/mol. The summed E-state index contributed by atoms with van der Waals surface area (Å²) in [5, 5.41) is 4.14. The van der Waals surface area contributed by atoms with E-state index in [4.69, 9.17) is 15.2 Å². The summed E-state index contributed by atoms with van der Waals surface area (Å²) in [6, 6.07) is 30.7. The summed E-state index contributed by atoms with van der Waals surface area (Å²) in [5.41, 5.74) is 13.5. The van der Waals surface area contributed by atoms with Crippen molar-refractivity contribution < 1.29 is 9.47 Å². The van der Waals surface area contributed by atoms with Crippen molar-refractivity contribution in [1.29, 1.82) is 0 Å². The fourth-order valence-electron chi connectivity index (χ4n) is 6.35. The van der Waals surface area contributed by atoms with Gasteiger partial charge in [-0.15, -0.1) is 0 Å². The molecule has 0 saturated carbocycles. The number of aryl methyl sites for hydroxylation is 2. The first-order valence-electron chi connectivity index (χ1n) is 12.7. The van der Waals surface area contributed by atoms with Crippen molar-refractivity contribution in [1.82, 2.24) is 0 Å². The lowest BCUT2D eigenvalue weighted by atomic mass is 9.82. The van der Waals surface area contributed by atoms with Crippen molar-refractivity contribution in [2.24, 2.45) is 0 Å². The number of hydrogen-bond acceptors (Lipinski definition) is 3. The maximum atomic E-state index is 6.56. The van der Waals surface area contributed by atoms with E-state index in [1.54, 1.807) is 19.8 Å². The number of hydrogen-bond donors (Lipinski definition) is 1. The minimum Gasteiger partial charge on any atom is -0.497 e. The largest absolute Gasteiger partial charge is 0.497 e. The minimum atomic E-state index is -0.742. The highest BCUT2D eigenvalue weighted by molar-refractivity contribution is 7.79. The molecular weight excluding hydrogens is 461 g/mol. The summed E-state index contributed by atoms with van der Waals surface area (Å²) in [6.45, 7) is 0. The van der Waals surface area contributed by atoms with Gasteiger partial charge in [0.25, 0.3) is 0 Å². The van der Waals surface area contributed by atoms with E-state index in [2.05, 4.69) is 84.9 Å². The molecule has 4 aromatic rings. The Balaban J connectivity index is 1.49. The fraction of sp³-hybridized carbons (Fsp3) is 0.250. The highest BCUT2D eigenvalue weighted by atomic mass is 31.1. The number of nitrogen functional groups attached to an aromatic ring is 1. The van der Waals surface area contributed by atoms with Gasteiger partial charge in [-0.25, -0.2) is 0 Å². The van der Waals surface area contributed by atoms with Gasteiger partial charge in [0, 0.05) is 5.69 Å². The highest BCUT2D eigenvalue weighted by Gasteiger charge is 2.38. The van der Waals surface area contributed by atoms with Gasteiger partial charge in [-0.1, -0.05) is 54.6 Å². The molecule has 0 radical (unpaired) electrons. The lowest BCUT2D eigenvalue weighted by Gasteiger charge is -2.28. The number of rotatable bonds is 6. The van der Waals surface area contributed by atoms with Crippen molar-refractivity contribution in [2.75, 3.05) is 20.0 Å². The van der Waals surface area contributed by atoms with E-state index in [1.165, 1.54) is 45.4 Å². The molecule has 1 unspecified atom stereocenters. The topological polar surface area (TPSA) is 44.5 Å². The molecule has 2 N–H and O–H groups in total. The zero-order valence-corrected chi connectivity index (χ0v) is 21.8. The number of methoxy groups -OCH3 is 2. The van der Waals surface area contributed by atoms with Gasteiger partial charge in [0.1, 0.15) is 11.5 Å². The third kappa shape index (κ3) is 3.96. The predicted octanol–water partition coefficient (Wildman–Crippen LogP) is 5.80. The molecule has 2 aliphatic carbocycles. The van der Waals surface area contributed by atoms with Crippen LogP contribution in [0.2, 0.25) is 0 Å². The molecule has 3 nitrogen and oxygen atoms in total. The lowest BCUT2D eigenvalue weighted by Crippen LogP contribution is -2.25. The maximum Gasteiger partial charge on any atom is 0.118 e. The fourth-order valence-corrected chi connectivity index (χ4v) is 8.88. The molecule has 0 spiro atoms. The summed E-state index contributed by atoms with van der Waals surface area (Å²) in [6.07, 6.45) is 4.65. The van der Waals surface area contributed by atoms with Crippen LogP contribution in [0.15, 0.2) is 84.9 Å². The summed E-state index contributed by atoms with van der Waals surface area (Å²) in [7, 11) is 2.70. The monoisotopic (exact) mass is 493 g/mol. The van der Waals surface area contributed by atoms with Crippen LogP contribution in [0, 0.1) is 0 Å². The SMILES string of the molecule is COc1ccc(P(c2ccc(OC)cc2)c2cccc3c2C([C@H]2CCc4cccc(N)c42)CC3)cc1. The molecule has 0 heterocycles. The van der Waals surface area contributed by atoms with Gasteiger partial charge in [-0.05, 0) is 114 Å². The molecule has 0 aliphatic heterocycles. The maximum absolute atomic E-state index is 6.56. The molecule has 36 heavy (non-hydrogen) atoms. The Hall–Kier alpha value is -3.29. The van der Waals surface area contributed by atoms with E-state index < -0.39 is 7.92 Å². The van der Waals surface area contributed by atoms with Crippen molar-refractivity contribution in [3.8, 4) is 11.5 Å². The van der Waals surface area contributed by atoms with E-state index >= 15 is 0 Å². The van der Waals surface area contributed by atoms with Crippen molar-refractivity contribution in [3.63, 3.8) is 0 Å². The number of benzene rings is 4. The van der Waals surface area contributed by atoms with Crippen molar-refractivity contribution >= 4 is 29.5 Å². The third-order valence-electron chi connectivity index (χ3n) is 7.98. The third-order valence-corrected chi connectivity index (χ3v) is 10.5. The quantitative estimate of drug-likeness (QED) is 0.273. The molecule has 0 amide bonds. The van der Waals surface area contributed by atoms with Crippen LogP contribution in [0.1, 0.15) is 46.9 Å². The van der Waals surface area contributed by atoms with Gasteiger partial charge in [-0.3, -0.25) is 0 Å². The summed E-state index contributed by atoms with van der Waals surface area (Å²) in [4.78, 5) is 0. The summed E-state index contributed by atoms with van der Waals surface area (Å²) >= 11 is 0. The summed E-state index contributed by atoms with van der Waals surface area (Å²) in [5.74, 6) is 2.77. The zero-order valence-electron chi connectivity index (χ0n) is 20.9. The second-order valence-corrected chi connectivity index (χ2v) is 12.0. The Morgan fingerprint density at radius 1 is 0.639 bits per heavy atom. The van der Waals surface area contributed by atoms with Crippen LogP contribution < -0.4 is 31.1 Å². The zero-order chi connectivity index (χ0) is 24.6. The molecule has 0 saturated heterocycles. The van der Waals surface area contributed by atoms with E-state index in [-0.39, 0.29) is 0 Å². The van der Waals surface area contributed by atoms with Gasteiger partial charge in [0.15, 0.2) is 0 Å². The lowest BCUT2D eigenvalue weighted by molar-refractivity contribution is 0.415. The second-order valence-electron chi connectivity index (χ2n) is 9.79. The van der Waals surface area contributed by atoms with Gasteiger partial charge in [0.05, 0.1) is 14.2 Å².